The molecule has 22 heavy (non-hydrogen) atoms. The molecule has 0 fully saturated rings. The van der Waals surface area contributed by atoms with Crippen LogP contribution in [0.2, 0.25) is 0 Å². The number of hydrogen-bond acceptors (Lipinski definition) is 2. The van der Waals surface area contributed by atoms with Gasteiger partial charge in [-0.3, -0.25) is 9.63 Å². The molecule has 1 amide bonds. The molecule has 1 aromatic heterocycles. The fourth-order valence-corrected chi connectivity index (χ4v) is 2.82. The number of para-hydroxylation sites is 1. The Morgan fingerprint density at radius 3 is 2.73 bits per heavy atom. The molecule has 0 radical (unpaired) electrons. The van der Waals surface area contributed by atoms with Gasteiger partial charge in [-0.25, -0.2) is 5.48 Å². The van der Waals surface area contributed by atoms with Crippen molar-refractivity contribution in [2.24, 2.45) is 0 Å². The zero-order valence-corrected chi connectivity index (χ0v) is 12.7. The van der Waals surface area contributed by atoms with E-state index in [-0.39, 0.29) is 5.91 Å². The smallest absolute Gasteiger partial charge is 0.267 e. The zero-order chi connectivity index (χ0) is 15.5. The number of nitrogens with zero attached hydrogens (tertiary/aromatic N) is 1. The van der Waals surface area contributed by atoms with E-state index in [2.05, 4.69) is 58.2 Å². The third kappa shape index (κ3) is 2.49. The van der Waals surface area contributed by atoms with Crippen LogP contribution >= 0.6 is 0 Å². The lowest BCUT2D eigenvalue weighted by Crippen LogP contribution is -2.18. The molecule has 0 saturated heterocycles. The van der Waals surface area contributed by atoms with Crippen molar-refractivity contribution in [3.05, 3.63) is 54.1 Å². The van der Waals surface area contributed by atoms with Gasteiger partial charge in [-0.15, -0.1) is 0 Å². The van der Waals surface area contributed by atoms with Gasteiger partial charge in [-0.1, -0.05) is 24.3 Å². The Labute approximate surface area is 128 Å². The summed E-state index contributed by atoms with van der Waals surface area (Å²) in [6, 6.07) is 14.6. The maximum absolute atomic E-state index is 11.4. The summed E-state index contributed by atoms with van der Waals surface area (Å²) in [5.74, 6) is -0.279. The average molecular weight is 294 g/mol. The number of nitrogens with one attached hydrogen (secondary N) is 1. The van der Waals surface area contributed by atoms with Gasteiger partial charge < -0.3 is 4.57 Å². The first-order valence-corrected chi connectivity index (χ1v) is 7.26. The maximum Gasteiger partial charge on any atom is 0.267 e. The maximum atomic E-state index is 11.4. The second-order valence-electron chi connectivity index (χ2n) is 5.04. The highest BCUT2D eigenvalue weighted by molar-refractivity contribution is 6.08. The summed E-state index contributed by atoms with van der Waals surface area (Å²) < 4.78 is 2.30. The van der Waals surface area contributed by atoms with Gasteiger partial charge in [0, 0.05) is 34.4 Å². The Morgan fingerprint density at radius 1 is 1.18 bits per heavy atom. The molecule has 0 saturated carbocycles. The molecule has 0 atom stereocenters. The standard InChI is InChI=1S/C18H18N2O2/c1-3-20-16-7-5-4-6-14(16)15-12-13(8-10-17(15)20)9-11-18(21)19-22-2/h4-12H,3H2,1-2H3,(H,19,21)/b11-9-. The van der Waals surface area contributed by atoms with Crippen molar-refractivity contribution in [1.29, 1.82) is 0 Å². The highest BCUT2D eigenvalue weighted by Crippen LogP contribution is 2.29. The molecule has 4 nitrogen and oxygen atoms in total. The summed E-state index contributed by atoms with van der Waals surface area (Å²) in [5.41, 5.74) is 5.69. The predicted octanol–water partition coefficient (Wildman–Crippen LogP) is 3.51. The monoisotopic (exact) mass is 294 g/mol. The number of hydrogen-bond donors (Lipinski definition) is 1. The number of aromatic nitrogens is 1. The molecule has 3 aromatic rings. The van der Waals surface area contributed by atoms with E-state index in [0.29, 0.717) is 0 Å². The third-order valence-electron chi connectivity index (χ3n) is 3.74. The normalized spacial score (nSPS) is 11.5. The molecule has 4 heteroatoms. The number of carbonyl (C=O) groups excluding carboxylic acids is 1. The Morgan fingerprint density at radius 2 is 1.95 bits per heavy atom. The van der Waals surface area contributed by atoms with Crippen molar-refractivity contribution in [1.82, 2.24) is 10.0 Å². The van der Waals surface area contributed by atoms with Crippen LogP contribution in [0.4, 0.5) is 0 Å². The number of carbonyl (C=O) groups is 1. The van der Waals surface area contributed by atoms with Gasteiger partial charge in [0.2, 0.25) is 0 Å². The summed E-state index contributed by atoms with van der Waals surface area (Å²) in [7, 11) is 1.41. The number of amides is 1. The van der Waals surface area contributed by atoms with Crippen LogP contribution in [-0.2, 0) is 16.2 Å². The fourth-order valence-electron chi connectivity index (χ4n) is 2.82. The molecular weight excluding hydrogens is 276 g/mol. The summed E-state index contributed by atoms with van der Waals surface area (Å²) >= 11 is 0. The van der Waals surface area contributed by atoms with Crippen molar-refractivity contribution >= 4 is 33.8 Å². The molecule has 0 aliphatic heterocycles. The molecule has 2 aromatic carbocycles. The second-order valence-corrected chi connectivity index (χ2v) is 5.04. The minimum absolute atomic E-state index is 0.279. The first kappa shape index (κ1) is 14.4. The highest BCUT2D eigenvalue weighted by atomic mass is 16.6. The van der Waals surface area contributed by atoms with Gasteiger partial charge in [-0.05, 0) is 36.8 Å². The van der Waals surface area contributed by atoms with Crippen molar-refractivity contribution in [3.63, 3.8) is 0 Å². The lowest BCUT2D eigenvalue weighted by atomic mass is 10.1. The van der Waals surface area contributed by atoms with Gasteiger partial charge in [0.05, 0.1) is 7.11 Å². The van der Waals surface area contributed by atoms with Crippen LogP contribution < -0.4 is 5.48 Å². The Kier molecular flexibility index (Phi) is 3.94. The van der Waals surface area contributed by atoms with Crippen LogP contribution in [0.25, 0.3) is 27.9 Å². The van der Waals surface area contributed by atoms with Crippen LogP contribution in [-0.4, -0.2) is 17.6 Å². The van der Waals surface area contributed by atoms with Gasteiger partial charge in [0.15, 0.2) is 0 Å². The third-order valence-corrected chi connectivity index (χ3v) is 3.74. The van der Waals surface area contributed by atoms with Gasteiger partial charge in [0.25, 0.3) is 5.91 Å². The molecule has 0 unspecified atom stereocenters. The van der Waals surface area contributed by atoms with E-state index in [4.69, 9.17) is 0 Å². The van der Waals surface area contributed by atoms with Crippen LogP contribution in [0.5, 0.6) is 0 Å². The average Bonchev–Trinajstić information content (AvgIpc) is 2.86. The largest absolute Gasteiger partial charge is 0.341 e. The molecule has 0 aliphatic rings. The van der Waals surface area contributed by atoms with Crippen molar-refractivity contribution in [2.45, 2.75) is 13.5 Å². The van der Waals surface area contributed by atoms with E-state index in [0.717, 1.165) is 12.1 Å². The number of aryl methyl sites for hydroxylation is 1. The van der Waals surface area contributed by atoms with E-state index < -0.39 is 0 Å². The van der Waals surface area contributed by atoms with Crippen LogP contribution in [0.1, 0.15) is 12.5 Å². The first-order valence-electron chi connectivity index (χ1n) is 7.26. The quantitative estimate of drug-likeness (QED) is 0.591. The van der Waals surface area contributed by atoms with E-state index in [9.17, 15) is 4.79 Å². The number of hydroxylamine groups is 1. The molecule has 0 aliphatic carbocycles. The topological polar surface area (TPSA) is 43.3 Å². The fraction of sp³-hybridized carbons (Fsp3) is 0.167. The minimum atomic E-state index is -0.279. The number of rotatable bonds is 4. The van der Waals surface area contributed by atoms with Gasteiger partial charge >= 0.3 is 0 Å². The Hall–Kier alpha value is -2.59. The Balaban J connectivity index is 2.10. The SMILES string of the molecule is CCn1c2ccccc2c2cc(/C=C\C(=O)NOC)ccc21. The summed E-state index contributed by atoms with van der Waals surface area (Å²) in [6.07, 6.45) is 3.25. The predicted molar refractivity (Wildman–Crippen MR) is 89.3 cm³/mol. The summed E-state index contributed by atoms with van der Waals surface area (Å²) in [5, 5.41) is 2.43. The zero-order valence-electron chi connectivity index (χ0n) is 12.7. The van der Waals surface area contributed by atoms with Gasteiger partial charge in [-0.2, -0.15) is 0 Å². The lowest BCUT2D eigenvalue weighted by molar-refractivity contribution is -0.126. The molecule has 0 bridgehead atoms. The minimum Gasteiger partial charge on any atom is -0.341 e. The van der Waals surface area contributed by atoms with E-state index in [1.807, 2.05) is 6.07 Å². The second kappa shape index (κ2) is 6.03. The first-order chi connectivity index (χ1) is 10.7. The van der Waals surface area contributed by atoms with Crippen LogP contribution in [0, 0.1) is 0 Å². The van der Waals surface area contributed by atoms with Crippen molar-refractivity contribution in [3.8, 4) is 0 Å². The number of fused-ring (bicyclic) bond motifs is 3. The van der Waals surface area contributed by atoms with E-state index in [1.165, 1.54) is 35.0 Å². The molecular formula is C18H18N2O2. The molecule has 3 rings (SSSR count). The molecule has 112 valence electrons. The molecule has 0 spiro atoms. The van der Waals surface area contributed by atoms with E-state index >= 15 is 0 Å². The van der Waals surface area contributed by atoms with Crippen molar-refractivity contribution < 1.29 is 9.63 Å². The van der Waals surface area contributed by atoms with Crippen molar-refractivity contribution in [2.75, 3.05) is 7.11 Å². The molecule has 1 heterocycles. The Bertz CT molecular complexity index is 862. The van der Waals surface area contributed by atoms with E-state index in [1.54, 1.807) is 6.08 Å². The summed E-state index contributed by atoms with van der Waals surface area (Å²) in [4.78, 5) is 16.0. The number of benzene rings is 2. The molecule has 1 N–H and O–H groups in total. The summed E-state index contributed by atoms with van der Waals surface area (Å²) in [6.45, 7) is 3.07. The van der Waals surface area contributed by atoms with Crippen LogP contribution in [0.3, 0.4) is 0 Å². The highest BCUT2D eigenvalue weighted by Gasteiger charge is 2.08. The lowest BCUT2D eigenvalue weighted by Gasteiger charge is -2.02. The van der Waals surface area contributed by atoms with Crippen LogP contribution in [0.15, 0.2) is 48.5 Å². The van der Waals surface area contributed by atoms with Gasteiger partial charge in [0.1, 0.15) is 0 Å².